The fourth-order valence-electron chi connectivity index (χ4n) is 4.00. The molecule has 0 unspecified atom stereocenters. The third kappa shape index (κ3) is 4.71. The number of para-hydroxylation sites is 1. The van der Waals surface area contributed by atoms with Crippen molar-refractivity contribution in [2.45, 2.75) is 19.9 Å². The molecule has 2 aromatic heterocycles. The average molecular weight is 505 g/mol. The zero-order valence-electron chi connectivity index (χ0n) is 18.7. The average Bonchev–Trinajstić information content (AvgIpc) is 3.42. The number of nitrogens with zero attached hydrogens (tertiary/aromatic N) is 3. The fraction of sp³-hybridized carbons (Fsp3) is 0.160. The zero-order valence-corrected chi connectivity index (χ0v) is 20.3. The number of nitro benzene ring substituents is 1. The first-order valence-electron chi connectivity index (χ1n) is 10.9. The number of thiophene rings is 1. The topological polar surface area (TPSA) is 105 Å². The van der Waals surface area contributed by atoms with Crippen molar-refractivity contribution in [2.24, 2.45) is 0 Å². The van der Waals surface area contributed by atoms with E-state index in [0.717, 1.165) is 31.2 Å². The Hall–Kier alpha value is -3.89. The smallest absolute Gasteiger partial charge is 0.269 e. The molecule has 0 bridgehead atoms. The summed E-state index contributed by atoms with van der Waals surface area (Å²) in [6.07, 6.45) is 3.72. The second kappa shape index (κ2) is 9.40. The monoisotopic (exact) mass is 504 g/mol. The number of benzene rings is 2. The molecular formula is C25H20N4O4S2. The number of hydrogen-bond acceptors (Lipinski definition) is 7. The number of nitro groups is 1. The number of hydrogen-bond donors (Lipinski definition) is 1. The van der Waals surface area contributed by atoms with Crippen molar-refractivity contribution in [2.75, 3.05) is 11.9 Å². The maximum atomic E-state index is 12.8. The number of amides is 2. The van der Waals surface area contributed by atoms with Crippen LogP contribution < -0.4 is 5.32 Å². The highest BCUT2D eigenvalue weighted by atomic mass is 32.1. The minimum absolute atomic E-state index is 0.00384. The number of rotatable bonds is 5. The van der Waals surface area contributed by atoms with Crippen LogP contribution in [0.2, 0.25) is 0 Å². The molecule has 8 nitrogen and oxygen atoms in total. The van der Waals surface area contributed by atoms with E-state index < -0.39 is 4.92 Å². The van der Waals surface area contributed by atoms with Crippen LogP contribution in [-0.2, 0) is 22.6 Å². The summed E-state index contributed by atoms with van der Waals surface area (Å²) in [5.41, 5.74) is 3.63. The second-order valence-corrected chi connectivity index (χ2v) is 10.2. The Morgan fingerprint density at radius 3 is 2.63 bits per heavy atom. The van der Waals surface area contributed by atoms with Crippen LogP contribution in [0.5, 0.6) is 0 Å². The first-order valence-corrected chi connectivity index (χ1v) is 12.5. The number of anilines is 1. The predicted molar refractivity (Wildman–Crippen MR) is 138 cm³/mol. The number of nitrogens with one attached hydrogen (secondary N) is 1. The molecular weight excluding hydrogens is 484 g/mol. The summed E-state index contributed by atoms with van der Waals surface area (Å²) in [5.74, 6) is -0.282. The molecule has 176 valence electrons. The van der Waals surface area contributed by atoms with Gasteiger partial charge in [-0.25, -0.2) is 4.98 Å². The lowest BCUT2D eigenvalue weighted by Gasteiger charge is -2.25. The molecule has 5 rings (SSSR count). The third-order valence-corrected chi connectivity index (χ3v) is 7.96. The second-order valence-electron chi connectivity index (χ2n) is 8.06. The highest BCUT2D eigenvalue weighted by molar-refractivity contribution is 7.23. The van der Waals surface area contributed by atoms with E-state index in [9.17, 15) is 19.7 Å². The molecule has 0 atom stereocenters. The lowest BCUT2D eigenvalue weighted by Crippen LogP contribution is -2.33. The lowest BCUT2D eigenvalue weighted by molar-refractivity contribution is -0.384. The molecule has 2 aromatic carbocycles. The van der Waals surface area contributed by atoms with Gasteiger partial charge in [-0.2, -0.15) is 0 Å². The van der Waals surface area contributed by atoms with E-state index in [1.165, 1.54) is 29.5 Å². The summed E-state index contributed by atoms with van der Waals surface area (Å²) in [6.45, 7) is 2.71. The van der Waals surface area contributed by atoms with Gasteiger partial charge in [0, 0.05) is 42.1 Å². The van der Waals surface area contributed by atoms with E-state index in [4.69, 9.17) is 4.98 Å². The van der Waals surface area contributed by atoms with Crippen LogP contribution in [-0.4, -0.2) is 33.2 Å². The van der Waals surface area contributed by atoms with Gasteiger partial charge in [0.1, 0.15) is 10.0 Å². The van der Waals surface area contributed by atoms with Crippen LogP contribution in [0.25, 0.3) is 26.9 Å². The Morgan fingerprint density at radius 2 is 1.91 bits per heavy atom. The molecule has 0 spiro atoms. The van der Waals surface area contributed by atoms with Gasteiger partial charge < -0.3 is 10.2 Å². The van der Waals surface area contributed by atoms with Crippen molar-refractivity contribution in [1.82, 2.24) is 9.88 Å². The first-order chi connectivity index (χ1) is 16.9. The normalized spacial score (nSPS) is 13.2. The maximum absolute atomic E-state index is 12.8. The van der Waals surface area contributed by atoms with Crippen LogP contribution in [0.4, 0.5) is 10.7 Å². The van der Waals surface area contributed by atoms with E-state index >= 15 is 0 Å². The minimum Gasteiger partial charge on any atom is -0.337 e. The molecule has 2 amide bonds. The molecule has 1 aliphatic heterocycles. The number of non-ortho nitro benzene ring substituents is 1. The largest absolute Gasteiger partial charge is 0.337 e. The summed E-state index contributed by atoms with van der Waals surface area (Å²) >= 11 is 3.06. The van der Waals surface area contributed by atoms with Crippen LogP contribution in [0.3, 0.4) is 0 Å². The Kier molecular flexibility index (Phi) is 6.14. The van der Waals surface area contributed by atoms with Crippen molar-refractivity contribution >= 4 is 61.5 Å². The first kappa shape index (κ1) is 22.9. The molecule has 1 aliphatic rings. The maximum Gasteiger partial charge on any atom is 0.269 e. The highest BCUT2D eigenvalue weighted by Gasteiger charge is 2.28. The molecule has 4 aromatic rings. The van der Waals surface area contributed by atoms with Gasteiger partial charge in [-0.05, 0) is 47.9 Å². The summed E-state index contributed by atoms with van der Waals surface area (Å²) in [7, 11) is 0. The van der Waals surface area contributed by atoms with Crippen LogP contribution in [0.1, 0.15) is 22.9 Å². The fourth-order valence-corrected chi connectivity index (χ4v) is 6.38. The standard InChI is InChI=1S/C25H20N4O4S2/c1-15(30)28-13-12-18-21(14-28)35-25(23(18)24-26-19-4-2-3-5-20(19)34-24)27-22(31)11-8-16-6-9-17(10-7-16)29(32)33/h2-11H,12-14H2,1H3,(H,27,31). The van der Waals surface area contributed by atoms with Gasteiger partial charge in [0.2, 0.25) is 11.8 Å². The molecule has 10 heteroatoms. The Labute approximate surface area is 208 Å². The summed E-state index contributed by atoms with van der Waals surface area (Å²) in [4.78, 5) is 42.8. The van der Waals surface area contributed by atoms with Gasteiger partial charge in [-0.3, -0.25) is 19.7 Å². The SMILES string of the molecule is CC(=O)N1CCc2c(sc(NC(=O)C=Cc3ccc([N+](=O)[O-])cc3)c2-c2nc3ccccc3s2)C1. The predicted octanol–water partition coefficient (Wildman–Crippen LogP) is 5.49. The van der Waals surface area contributed by atoms with E-state index in [1.54, 1.807) is 41.4 Å². The van der Waals surface area contributed by atoms with Crippen LogP contribution in [0, 0.1) is 10.1 Å². The van der Waals surface area contributed by atoms with Gasteiger partial charge in [0.15, 0.2) is 0 Å². The summed E-state index contributed by atoms with van der Waals surface area (Å²) in [5, 5.41) is 15.4. The van der Waals surface area contributed by atoms with Gasteiger partial charge >= 0.3 is 0 Å². The van der Waals surface area contributed by atoms with E-state index in [0.29, 0.717) is 30.1 Å². The molecule has 0 fully saturated rings. The number of carbonyl (C=O) groups is 2. The summed E-state index contributed by atoms with van der Waals surface area (Å²) < 4.78 is 1.07. The Bertz CT molecular complexity index is 1450. The van der Waals surface area contributed by atoms with Crippen LogP contribution >= 0.6 is 22.7 Å². The Morgan fingerprint density at radius 1 is 1.14 bits per heavy atom. The minimum atomic E-state index is -0.463. The van der Waals surface area contributed by atoms with E-state index in [1.807, 2.05) is 24.3 Å². The molecule has 0 aliphatic carbocycles. The number of carbonyl (C=O) groups excluding carboxylic acids is 2. The third-order valence-electron chi connectivity index (χ3n) is 5.78. The van der Waals surface area contributed by atoms with Gasteiger partial charge in [-0.15, -0.1) is 22.7 Å². The van der Waals surface area contributed by atoms with Crippen molar-refractivity contribution in [3.8, 4) is 10.6 Å². The van der Waals surface area contributed by atoms with Gasteiger partial charge in [-0.1, -0.05) is 12.1 Å². The quantitative estimate of drug-likeness (QED) is 0.220. The molecule has 35 heavy (non-hydrogen) atoms. The molecule has 0 radical (unpaired) electrons. The number of thiazole rings is 1. The van der Waals surface area contributed by atoms with Gasteiger partial charge in [0.05, 0.1) is 21.7 Å². The van der Waals surface area contributed by atoms with Crippen molar-refractivity contribution in [3.05, 3.63) is 80.7 Å². The molecule has 1 N–H and O–H groups in total. The highest BCUT2D eigenvalue weighted by Crippen LogP contribution is 2.45. The number of aromatic nitrogens is 1. The Balaban J connectivity index is 1.46. The van der Waals surface area contributed by atoms with Crippen molar-refractivity contribution in [3.63, 3.8) is 0 Å². The van der Waals surface area contributed by atoms with Crippen molar-refractivity contribution < 1.29 is 14.5 Å². The summed E-state index contributed by atoms with van der Waals surface area (Å²) in [6, 6.07) is 13.9. The van der Waals surface area contributed by atoms with E-state index in [-0.39, 0.29) is 17.5 Å². The number of fused-ring (bicyclic) bond motifs is 2. The molecule has 0 saturated heterocycles. The molecule has 3 heterocycles. The lowest BCUT2D eigenvalue weighted by atomic mass is 10.0. The van der Waals surface area contributed by atoms with Crippen molar-refractivity contribution in [1.29, 1.82) is 0 Å². The van der Waals surface area contributed by atoms with E-state index in [2.05, 4.69) is 5.32 Å². The zero-order chi connectivity index (χ0) is 24.5. The molecule has 0 saturated carbocycles. The van der Waals surface area contributed by atoms with Gasteiger partial charge in [0.25, 0.3) is 5.69 Å². The van der Waals surface area contributed by atoms with Crippen LogP contribution in [0.15, 0.2) is 54.6 Å².